The molecule has 0 N–H and O–H groups in total. The molecule has 0 unspecified atom stereocenters. The molecule has 3 aromatic heterocycles. The first-order chi connectivity index (χ1) is 29.7. The molecule has 7 heteroatoms. The van der Waals surface area contributed by atoms with E-state index in [0.29, 0.717) is 34.3 Å². The van der Waals surface area contributed by atoms with Gasteiger partial charge in [0, 0.05) is 38.2 Å². The van der Waals surface area contributed by atoms with E-state index in [9.17, 15) is 5.26 Å². The van der Waals surface area contributed by atoms with Crippen molar-refractivity contribution in [2.45, 2.75) is 0 Å². The van der Waals surface area contributed by atoms with Gasteiger partial charge in [0.2, 0.25) is 0 Å². The van der Waals surface area contributed by atoms with Crippen LogP contribution < -0.4 is 0 Å². The maximum atomic E-state index is 10.7. The lowest BCUT2D eigenvalue weighted by Gasteiger charge is -2.17. The number of aromatic nitrogens is 5. The minimum Gasteiger partial charge on any atom is -0.309 e. The Hall–Kier alpha value is -8.65. The molecule has 0 aliphatic carbocycles. The average Bonchev–Trinajstić information content (AvgIpc) is 3.84. The van der Waals surface area contributed by atoms with Crippen molar-refractivity contribution < 1.29 is 0 Å². The van der Waals surface area contributed by atoms with E-state index in [1.807, 2.05) is 103 Å². The van der Waals surface area contributed by atoms with Crippen LogP contribution in [-0.4, -0.2) is 24.1 Å². The lowest BCUT2D eigenvalue weighted by atomic mass is 9.98. The van der Waals surface area contributed by atoms with Crippen LogP contribution in [0.25, 0.3) is 105 Å². The molecule has 0 aliphatic heterocycles. The van der Waals surface area contributed by atoms with Gasteiger partial charge in [-0.05, 0) is 71.8 Å². The molecular weight excluding hydrogens is 735 g/mol. The summed E-state index contributed by atoms with van der Waals surface area (Å²) in [4.78, 5) is 19.2. The Morgan fingerprint density at radius 2 is 0.850 bits per heavy atom. The molecule has 0 saturated heterocycles. The van der Waals surface area contributed by atoms with Crippen LogP contribution in [0.4, 0.5) is 5.69 Å². The molecule has 0 radical (unpaired) electrons. The third-order valence-corrected chi connectivity index (χ3v) is 11.3. The number of nitrogens with zero attached hydrogens (tertiary/aromatic N) is 7. The Balaban J connectivity index is 1.12. The molecule has 60 heavy (non-hydrogen) atoms. The van der Waals surface area contributed by atoms with Gasteiger partial charge in [-0.25, -0.2) is 19.8 Å². The van der Waals surface area contributed by atoms with E-state index in [0.717, 1.165) is 77.2 Å². The monoisotopic (exact) mass is 765 g/mol. The standard InChI is InChI=1S/C53H31N7/c1-55-44-22-10-5-17-38(44)43-32-36(28-30-50(43)60-48-25-13-8-20-41(48)42-21-9-14-26-49(42)60)53-57-51(34-15-3-2-4-16-34)56-52(58-53)35-27-29-45(37(31-35)33-54)59-46-23-11-6-18-39(46)40-19-7-12-24-47(40)59/h2-32H. The van der Waals surface area contributed by atoms with Gasteiger partial charge in [0.1, 0.15) is 6.07 Å². The summed E-state index contributed by atoms with van der Waals surface area (Å²) in [5.74, 6) is 1.42. The van der Waals surface area contributed by atoms with Crippen molar-refractivity contribution in [3.8, 4) is 62.7 Å². The second-order valence-electron chi connectivity index (χ2n) is 14.6. The predicted molar refractivity (Wildman–Crippen MR) is 241 cm³/mol. The predicted octanol–water partition coefficient (Wildman–Crippen LogP) is 13.2. The van der Waals surface area contributed by atoms with Crippen LogP contribution in [0.3, 0.4) is 0 Å². The maximum absolute atomic E-state index is 10.7. The number of fused-ring (bicyclic) bond motifs is 6. The Morgan fingerprint density at radius 1 is 0.417 bits per heavy atom. The Bertz CT molecular complexity index is 3480. The summed E-state index contributed by atoms with van der Waals surface area (Å²) < 4.78 is 4.43. The van der Waals surface area contributed by atoms with Crippen LogP contribution >= 0.6 is 0 Å². The van der Waals surface area contributed by atoms with Crippen LogP contribution in [0.5, 0.6) is 0 Å². The van der Waals surface area contributed by atoms with Gasteiger partial charge >= 0.3 is 0 Å². The van der Waals surface area contributed by atoms with Crippen molar-refractivity contribution in [2.24, 2.45) is 0 Å². The Kier molecular flexibility index (Phi) is 8.11. The van der Waals surface area contributed by atoms with Gasteiger partial charge in [-0.1, -0.05) is 127 Å². The molecule has 0 fully saturated rings. The fourth-order valence-electron chi connectivity index (χ4n) is 8.56. The zero-order valence-corrected chi connectivity index (χ0v) is 32.0. The average molecular weight is 766 g/mol. The van der Waals surface area contributed by atoms with E-state index in [-0.39, 0.29) is 0 Å². The van der Waals surface area contributed by atoms with Crippen LogP contribution in [0.15, 0.2) is 188 Å². The summed E-state index contributed by atoms with van der Waals surface area (Å²) in [6.07, 6.45) is 0. The Morgan fingerprint density at radius 3 is 1.38 bits per heavy atom. The summed E-state index contributed by atoms with van der Waals surface area (Å²) in [5, 5.41) is 15.2. The summed E-state index contributed by atoms with van der Waals surface area (Å²) in [5.41, 5.74) is 10.9. The molecule has 0 saturated carbocycles. The molecule has 0 aliphatic rings. The Labute approximate surface area is 345 Å². The molecule has 8 aromatic carbocycles. The number of nitriles is 1. The summed E-state index contributed by atoms with van der Waals surface area (Å²) in [6, 6.07) is 65.5. The van der Waals surface area contributed by atoms with E-state index in [2.05, 4.69) is 105 Å². The first-order valence-electron chi connectivity index (χ1n) is 19.6. The van der Waals surface area contributed by atoms with E-state index in [1.54, 1.807) is 0 Å². The number of rotatable bonds is 6. The van der Waals surface area contributed by atoms with E-state index in [4.69, 9.17) is 21.5 Å². The fourth-order valence-corrected chi connectivity index (χ4v) is 8.56. The highest BCUT2D eigenvalue weighted by Gasteiger charge is 2.21. The number of hydrogen-bond acceptors (Lipinski definition) is 4. The first kappa shape index (κ1) is 34.6. The second kappa shape index (κ2) is 14.1. The lowest BCUT2D eigenvalue weighted by molar-refractivity contribution is 1.07. The van der Waals surface area contributed by atoms with Crippen molar-refractivity contribution in [3.05, 3.63) is 205 Å². The minimum atomic E-state index is 0.443. The highest BCUT2D eigenvalue weighted by Crippen LogP contribution is 2.41. The zero-order valence-electron chi connectivity index (χ0n) is 32.0. The lowest BCUT2D eigenvalue weighted by Crippen LogP contribution is -2.03. The largest absolute Gasteiger partial charge is 0.309 e. The molecule has 0 atom stereocenters. The summed E-state index contributed by atoms with van der Waals surface area (Å²) >= 11 is 0. The van der Waals surface area contributed by atoms with Crippen molar-refractivity contribution in [3.63, 3.8) is 0 Å². The quantitative estimate of drug-likeness (QED) is 0.158. The number of benzene rings is 8. The highest BCUT2D eigenvalue weighted by atomic mass is 15.0. The second-order valence-corrected chi connectivity index (χ2v) is 14.6. The SMILES string of the molecule is [C-]#[N+]c1ccccc1-c1cc(-c2nc(-c3ccccc3)nc(-c3ccc(-n4c5ccccc5c5ccccc54)c(C#N)c3)n2)ccc1-n1c2ccccc2c2ccccc21. The molecule has 0 amide bonds. The number of hydrogen-bond donors (Lipinski definition) is 0. The van der Waals surface area contributed by atoms with E-state index >= 15 is 0 Å². The maximum Gasteiger partial charge on any atom is 0.194 e. The summed E-state index contributed by atoms with van der Waals surface area (Å²) in [6.45, 7) is 8.14. The van der Waals surface area contributed by atoms with Gasteiger partial charge in [0.25, 0.3) is 0 Å². The summed E-state index contributed by atoms with van der Waals surface area (Å²) in [7, 11) is 0. The van der Waals surface area contributed by atoms with Crippen molar-refractivity contribution in [2.75, 3.05) is 0 Å². The van der Waals surface area contributed by atoms with Gasteiger partial charge in [-0.2, -0.15) is 5.26 Å². The van der Waals surface area contributed by atoms with Gasteiger partial charge in [0.05, 0.1) is 45.6 Å². The molecule has 0 bridgehead atoms. The molecule has 7 nitrogen and oxygen atoms in total. The zero-order chi connectivity index (χ0) is 40.2. The van der Waals surface area contributed by atoms with E-state index in [1.165, 1.54) is 0 Å². The third kappa shape index (κ3) is 5.54. The van der Waals surface area contributed by atoms with Crippen LogP contribution in [-0.2, 0) is 0 Å². The minimum absolute atomic E-state index is 0.443. The van der Waals surface area contributed by atoms with Crippen molar-refractivity contribution >= 4 is 49.3 Å². The molecular formula is C53H31N7. The molecule has 0 spiro atoms. The van der Waals surface area contributed by atoms with Crippen LogP contribution in [0.1, 0.15) is 5.56 Å². The van der Waals surface area contributed by atoms with Gasteiger partial charge in [-0.3, -0.25) is 0 Å². The molecule has 3 heterocycles. The van der Waals surface area contributed by atoms with Crippen molar-refractivity contribution in [1.29, 1.82) is 5.26 Å². The van der Waals surface area contributed by atoms with Gasteiger partial charge in [-0.15, -0.1) is 0 Å². The van der Waals surface area contributed by atoms with Gasteiger partial charge < -0.3 is 9.13 Å². The van der Waals surface area contributed by atoms with E-state index < -0.39 is 0 Å². The van der Waals surface area contributed by atoms with Crippen molar-refractivity contribution in [1.82, 2.24) is 24.1 Å². The molecule has 278 valence electrons. The first-order valence-corrected chi connectivity index (χ1v) is 19.6. The number of para-hydroxylation sites is 5. The van der Waals surface area contributed by atoms with Gasteiger partial charge in [0.15, 0.2) is 23.2 Å². The third-order valence-electron chi connectivity index (χ3n) is 11.3. The smallest absolute Gasteiger partial charge is 0.194 e. The molecule has 11 aromatic rings. The van der Waals surface area contributed by atoms with Crippen LogP contribution in [0, 0.1) is 17.9 Å². The van der Waals surface area contributed by atoms with Crippen LogP contribution in [0.2, 0.25) is 0 Å². The topological polar surface area (TPSA) is 76.7 Å². The molecule has 11 rings (SSSR count). The normalized spacial score (nSPS) is 11.3. The fraction of sp³-hybridized carbons (Fsp3) is 0. The highest BCUT2D eigenvalue weighted by molar-refractivity contribution is 6.11.